The molecule has 5 atom stereocenters. The van der Waals surface area contributed by atoms with Crippen LogP contribution in [0.3, 0.4) is 0 Å². The van der Waals surface area contributed by atoms with Crippen molar-refractivity contribution in [3.05, 3.63) is 0 Å². The number of hydrogen-bond acceptors (Lipinski definition) is 7. The van der Waals surface area contributed by atoms with E-state index in [-0.39, 0.29) is 18.3 Å². The number of carbonyl (C=O) groups excluding carboxylic acids is 3. The zero-order valence-corrected chi connectivity index (χ0v) is 21.8. The van der Waals surface area contributed by atoms with Crippen molar-refractivity contribution in [2.24, 2.45) is 29.0 Å². The molecule has 0 heterocycles. The van der Waals surface area contributed by atoms with Crippen LogP contribution in [-0.2, 0) is 19.2 Å². The Morgan fingerprint density at radius 3 is 1.66 bits per heavy atom. The second kappa shape index (κ2) is 18.1. The molecule has 0 aromatic rings. The molecule has 0 rings (SSSR count). The minimum Gasteiger partial charge on any atom is -0.480 e. The Labute approximate surface area is 209 Å². The predicted octanol–water partition coefficient (Wildman–Crippen LogP) is 0.203. The van der Waals surface area contributed by atoms with Crippen LogP contribution in [-0.4, -0.2) is 66.1 Å². The first-order valence-corrected chi connectivity index (χ1v) is 12.8. The molecular formula is C24H48N6O5. The third-order valence-corrected chi connectivity index (χ3v) is 6.04. The number of nitrogens with one attached hydrogen (secondary N) is 3. The molecule has 5 unspecified atom stereocenters. The topological polar surface area (TPSA) is 203 Å². The first-order valence-electron chi connectivity index (χ1n) is 12.8. The zero-order chi connectivity index (χ0) is 27.0. The Balaban J connectivity index is 5.49. The van der Waals surface area contributed by atoms with Gasteiger partial charge in [0.15, 0.2) is 0 Å². The molecule has 0 aromatic carbocycles. The van der Waals surface area contributed by atoms with E-state index in [1.165, 1.54) is 0 Å². The van der Waals surface area contributed by atoms with Crippen molar-refractivity contribution >= 4 is 23.7 Å². The fraction of sp³-hybridized carbons (Fsp3) is 0.833. The number of hydrogen-bond donors (Lipinski definition) is 7. The lowest BCUT2D eigenvalue weighted by molar-refractivity contribution is -0.142. The number of nitrogens with two attached hydrogens (primary N) is 3. The number of rotatable bonds is 19. The molecule has 11 nitrogen and oxygen atoms in total. The van der Waals surface area contributed by atoms with Gasteiger partial charge in [0.25, 0.3) is 0 Å². The number of aliphatic carboxylic acids is 1. The van der Waals surface area contributed by atoms with E-state index in [4.69, 9.17) is 17.2 Å². The summed E-state index contributed by atoms with van der Waals surface area (Å²) >= 11 is 0. The number of carbonyl (C=O) groups is 4. The molecule has 0 bridgehead atoms. The molecule has 0 aromatic heterocycles. The molecule has 0 aliphatic carbocycles. The summed E-state index contributed by atoms with van der Waals surface area (Å²) in [7, 11) is 0. The summed E-state index contributed by atoms with van der Waals surface area (Å²) in [5, 5.41) is 17.5. The fourth-order valence-corrected chi connectivity index (χ4v) is 3.54. The molecule has 0 spiro atoms. The molecule has 35 heavy (non-hydrogen) atoms. The molecule has 11 heteroatoms. The smallest absolute Gasteiger partial charge is 0.326 e. The number of carboxylic acid groups (broad SMARTS) is 1. The van der Waals surface area contributed by atoms with Crippen molar-refractivity contribution in [3.63, 3.8) is 0 Å². The highest BCUT2D eigenvalue weighted by molar-refractivity contribution is 5.94. The molecule has 0 saturated heterocycles. The second-order valence-electron chi connectivity index (χ2n) is 9.63. The quantitative estimate of drug-likeness (QED) is 0.122. The van der Waals surface area contributed by atoms with E-state index in [0.29, 0.717) is 58.0 Å². The number of amides is 3. The molecule has 0 aliphatic rings. The average Bonchev–Trinajstić information content (AvgIpc) is 2.80. The lowest BCUT2D eigenvalue weighted by Crippen LogP contribution is -2.57. The Kier molecular flexibility index (Phi) is 16.9. The van der Waals surface area contributed by atoms with Crippen molar-refractivity contribution in [1.29, 1.82) is 0 Å². The third kappa shape index (κ3) is 13.4. The first-order chi connectivity index (χ1) is 16.5. The summed E-state index contributed by atoms with van der Waals surface area (Å²) in [5.41, 5.74) is 17.1. The average molecular weight is 501 g/mol. The highest BCUT2D eigenvalue weighted by atomic mass is 16.4. The van der Waals surface area contributed by atoms with Crippen LogP contribution in [0.2, 0.25) is 0 Å². The van der Waals surface area contributed by atoms with Crippen molar-refractivity contribution in [2.75, 3.05) is 13.1 Å². The van der Waals surface area contributed by atoms with Gasteiger partial charge in [-0.1, -0.05) is 34.1 Å². The van der Waals surface area contributed by atoms with Crippen LogP contribution in [0.5, 0.6) is 0 Å². The molecule has 0 radical (unpaired) electrons. The molecule has 0 aliphatic heterocycles. The molecule has 3 amide bonds. The van der Waals surface area contributed by atoms with Gasteiger partial charge in [-0.15, -0.1) is 0 Å². The number of carboxylic acids is 1. The fourth-order valence-electron chi connectivity index (χ4n) is 3.54. The maximum atomic E-state index is 13.2. The zero-order valence-electron chi connectivity index (χ0n) is 21.8. The van der Waals surface area contributed by atoms with Crippen LogP contribution in [0.25, 0.3) is 0 Å². The Hall–Kier alpha value is -2.24. The van der Waals surface area contributed by atoms with E-state index in [1.807, 2.05) is 27.7 Å². The molecular weight excluding hydrogens is 452 g/mol. The summed E-state index contributed by atoms with van der Waals surface area (Å²) < 4.78 is 0. The lowest BCUT2D eigenvalue weighted by atomic mass is 9.98. The van der Waals surface area contributed by atoms with E-state index in [1.54, 1.807) is 0 Å². The summed E-state index contributed by atoms with van der Waals surface area (Å²) in [6.45, 7) is 8.47. The second-order valence-corrected chi connectivity index (χ2v) is 9.63. The minimum absolute atomic E-state index is 0.0516. The third-order valence-electron chi connectivity index (χ3n) is 6.04. The summed E-state index contributed by atoms with van der Waals surface area (Å²) in [4.78, 5) is 50.4. The summed E-state index contributed by atoms with van der Waals surface area (Å²) in [6, 6.07) is -3.67. The van der Waals surface area contributed by atoms with Gasteiger partial charge in [-0.05, 0) is 69.9 Å². The largest absolute Gasteiger partial charge is 0.480 e. The summed E-state index contributed by atoms with van der Waals surface area (Å²) in [6.07, 6.45) is 4.09. The van der Waals surface area contributed by atoms with Gasteiger partial charge in [0.2, 0.25) is 17.7 Å². The Morgan fingerprint density at radius 2 is 1.20 bits per heavy atom. The van der Waals surface area contributed by atoms with Crippen LogP contribution in [0.1, 0.15) is 79.1 Å². The van der Waals surface area contributed by atoms with Gasteiger partial charge in [0.05, 0.1) is 6.04 Å². The van der Waals surface area contributed by atoms with Gasteiger partial charge < -0.3 is 38.3 Å². The van der Waals surface area contributed by atoms with E-state index in [0.717, 1.165) is 0 Å². The van der Waals surface area contributed by atoms with Gasteiger partial charge in [0.1, 0.15) is 18.1 Å². The van der Waals surface area contributed by atoms with Crippen molar-refractivity contribution < 1.29 is 24.3 Å². The van der Waals surface area contributed by atoms with Crippen molar-refractivity contribution in [3.8, 4) is 0 Å². The van der Waals surface area contributed by atoms with Crippen LogP contribution in [0.15, 0.2) is 0 Å². The van der Waals surface area contributed by atoms with Gasteiger partial charge in [0, 0.05) is 0 Å². The number of unbranched alkanes of at least 4 members (excludes halogenated alkanes) is 2. The summed E-state index contributed by atoms with van der Waals surface area (Å²) in [5.74, 6) is -2.66. The minimum atomic E-state index is -1.14. The SMILES string of the molecule is CCC(C)C(N)C(=O)NC(CCCCN)C(=O)NC(CC(C)C)C(=O)NC(CCCCN)C(=O)O. The Bertz CT molecular complexity index is 660. The molecule has 10 N–H and O–H groups in total. The van der Waals surface area contributed by atoms with E-state index >= 15 is 0 Å². The van der Waals surface area contributed by atoms with E-state index in [2.05, 4.69) is 16.0 Å². The maximum absolute atomic E-state index is 13.2. The van der Waals surface area contributed by atoms with Gasteiger partial charge >= 0.3 is 5.97 Å². The standard InChI is InChI=1S/C24H48N6O5/c1-5-16(4)20(27)23(33)28-17(10-6-8-12-25)21(31)30-19(14-15(2)3)22(32)29-18(24(34)35)11-7-9-13-26/h15-20H,5-14,25-27H2,1-4H3,(H,28,33)(H,29,32)(H,30,31)(H,34,35). The lowest BCUT2D eigenvalue weighted by Gasteiger charge is -2.27. The van der Waals surface area contributed by atoms with Crippen LogP contribution in [0.4, 0.5) is 0 Å². The maximum Gasteiger partial charge on any atom is 0.326 e. The van der Waals surface area contributed by atoms with Crippen LogP contribution < -0.4 is 33.2 Å². The van der Waals surface area contributed by atoms with E-state index in [9.17, 15) is 24.3 Å². The first kappa shape index (κ1) is 32.8. The highest BCUT2D eigenvalue weighted by Crippen LogP contribution is 2.10. The van der Waals surface area contributed by atoms with E-state index < -0.39 is 47.9 Å². The normalized spacial score (nSPS) is 15.5. The van der Waals surface area contributed by atoms with Gasteiger partial charge in [-0.3, -0.25) is 14.4 Å². The van der Waals surface area contributed by atoms with Gasteiger partial charge in [-0.25, -0.2) is 4.79 Å². The van der Waals surface area contributed by atoms with Crippen LogP contribution in [0, 0.1) is 11.8 Å². The van der Waals surface area contributed by atoms with Crippen LogP contribution >= 0.6 is 0 Å². The van der Waals surface area contributed by atoms with Gasteiger partial charge in [-0.2, -0.15) is 0 Å². The van der Waals surface area contributed by atoms with Crippen molar-refractivity contribution in [1.82, 2.24) is 16.0 Å². The highest BCUT2D eigenvalue weighted by Gasteiger charge is 2.31. The molecule has 0 saturated carbocycles. The molecule has 204 valence electrons. The Morgan fingerprint density at radius 1 is 0.743 bits per heavy atom. The molecule has 0 fully saturated rings. The monoisotopic (exact) mass is 500 g/mol. The predicted molar refractivity (Wildman–Crippen MR) is 136 cm³/mol. The van der Waals surface area contributed by atoms with Crippen molar-refractivity contribution in [2.45, 2.75) is 103 Å².